The molecule has 42 rings (SSSR count). The fourth-order valence-electron chi connectivity index (χ4n) is 33.0. The summed E-state index contributed by atoms with van der Waals surface area (Å²) in [6, 6.07) is 27.5. The Morgan fingerprint density at radius 1 is 0.282 bits per heavy atom. The monoisotopic (exact) mass is 1520 g/mol. The van der Waals surface area contributed by atoms with Gasteiger partial charge in [-0.25, -0.2) is 9.97 Å². The number of rotatable bonds is 1. The van der Waals surface area contributed by atoms with Crippen molar-refractivity contribution in [2.24, 2.45) is 0 Å². The molecule has 2 spiro atoms. The zero-order valence-electron chi connectivity index (χ0n) is 64.0. The van der Waals surface area contributed by atoms with E-state index in [1.807, 2.05) is 0 Å². The molecule has 6 heterocycles. The van der Waals surface area contributed by atoms with Gasteiger partial charge in [-0.05, 0) is 398 Å². The Labute approximate surface area is 663 Å². The number of hydrogen-bond acceptors (Lipinski definition) is 7. The van der Waals surface area contributed by atoms with Crippen LogP contribution in [0.15, 0.2) is 72.8 Å². The fourth-order valence-corrected chi connectivity index (χ4v) is 33.0. The van der Waals surface area contributed by atoms with Crippen molar-refractivity contribution in [2.45, 2.75) is 95.4 Å². The number of likely N-dealkylation sites (tertiary alicyclic amines) is 1. The SMILES string of the molecule is CN1CC23c4c5c6c7c8c9c(c%10c%11c2c2c%12c4c4c%13c5c5c7c7c8c8c%14c9c%10c9c%10c%11c2c2c%11c%12c4c4c%12c%13c5c5c7c7c8c8c%14c9c9c%10c2c2c%11c4c4c%12c5c7c5c8c9c2c45)C63C1c1ccc2c(c1)-c1nc-2nc2[n-]c(nc3nc(nc4[n-]c(n1)c1ccc(C(C)(C)C)cc41)-c1ccc(C(C)(C)C)cc1-3)c1c(C(C)(C)C)cccc21.[Cu+2]. The van der Waals surface area contributed by atoms with Gasteiger partial charge in [-0.15, -0.1) is 0 Å². The van der Waals surface area contributed by atoms with Crippen molar-refractivity contribution in [3.05, 3.63) is 117 Å². The minimum Gasteiger partial charge on any atom is -0.357 e. The standard InChI is InChI=1S/C107H45N9.Cu/c1-103(2,3)25-15-18-28-32(21-25)100-111-96(28)110-99-31-20-24(14-17-27(31)95(109-99)108-98-30-12-11-13-34(105(7,8)9)35(30)102(114-98)115-101-33-22-26(104(4,5)6)16-19-29(33)97(112-100)113-101)94-107-92-85-77-65-57-48-39-37-36-38-42(39)51-58-56-47(38)49-45-40(36)43-44-41(37)46-50(48)63(65)71-69-55(46)53(44)61-60-52(43)54(45)68-70-62(49)64(56)76-78-66(58)67(59(51)57)79(77)88(92)87(78)90-83(76)81(70)84-74(68)72(60)80-73(61)75(69)86(82(71)85)93(107)89(80)91(84)106(90,107)23-116(94)10;/h11-22,94H,23H2,1-10H3;/q-2;+2. The van der Waals surface area contributed by atoms with Crippen LogP contribution >= 0.6 is 0 Å². The van der Waals surface area contributed by atoms with Crippen LogP contribution in [0.5, 0.6) is 0 Å². The van der Waals surface area contributed by atoms with Crippen molar-refractivity contribution in [3.63, 3.8) is 0 Å². The van der Waals surface area contributed by atoms with Crippen LogP contribution in [-0.4, -0.2) is 48.4 Å². The van der Waals surface area contributed by atoms with E-state index in [1.165, 1.54) is 16.7 Å². The van der Waals surface area contributed by atoms with E-state index < -0.39 is 10.8 Å². The van der Waals surface area contributed by atoms with Gasteiger partial charge >= 0.3 is 17.1 Å². The Kier molecular flexibility index (Phi) is 6.44. The normalized spacial score (nSPS) is 19.7. The largest absolute Gasteiger partial charge is 2.00 e. The number of hydrogen-bond donors (Lipinski definition) is 0. The molecule has 35 aromatic rings. The molecule has 0 saturated carbocycles. The quantitative estimate of drug-likeness (QED) is 0.117. The molecule has 117 heavy (non-hydrogen) atoms. The number of aromatic nitrogens is 8. The molecule has 32 aromatic carbocycles. The summed E-state index contributed by atoms with van der Waals surface area (Å²) in [6.07, 6.45) is 0. The van der Waals surface area contributed by atoms with Crippen LogP contribution in [0, 0.1) is 0 Å². The van der Waals surface area contributed by atoms with Gasteiger partial charge in [0.1, 0.15) is 0 Å². The summed E-state index contributed by atoms with van der Waals surface area (Å²) in [7, 11) is 2.56. The van der Waals surface area contributed by atoms with Crippen LogP contribution in [0.3, 0.4) is 0 Å². The third kappa shape index (κ3) is 4.00. The van der Waals surface area contributed by atoms with Gasteiger partial charge in [0, 0.05) is 57.4 Å². The average Bonchev–Trinajstić information content (AvgIpc) is 1.38. The molecule has 1 fully saturated rings. The first-order valence-corrected chi connectivity index (χ1v) is 42.2. The topological polar surface area (TPSA) is 109 Å². The van der Waals surface area contributed by atoms with Crippen LogP contribution in [0.4, 0.5) is 0 Å². The van der Waals surface area contributed by atoms with Crippen molar-refractivity contribution < 1.29 is 17.1 Å². The maximum atomic E-state index is 5.91. The predicted octanol–water partition coefficient (Wildman–Crippen LogP) is 26.3. The molecule has 4 aliphatic carbocycles. The second-order valence-corrected chi connectivity index (χ2v) is 42.1. The molecule has 3 aliphatic heterocycles. The summed E-state index contributed by atoms with van der Waals surface area (Å²) in [5.74, 6) is 2.32. The average molecular weight is 1520 g/mol. The van der Waals surface area contributed by atoms with Crippen LogP contribution in [0.2, 0.25) is 0 Å². The van der Waals surface area contributed by atoms with E-state index in [2.05, 4.69) is 147 Å². The van der Waals surface area contributed by atoms with E-state index in [1.54, 1.807) is 313 Å². The van der Waals surface area contributed by atoms with E-state index in [9.17, 15) is 0 Å². The molecule has 8 bridgehead atoms. The molecule has 529 valence electrons. The third-order valence-electron chi connectivity index (χ3n) is 35.5. The Bertz CT molecular complexity index is 11100. The van der Waals surface area contributed by atoms with Gasteiger partial charge in [0.15, 0.2) is 0 Å². The maximum Gasteiger partial charge on any atom is 2.00 e. The smallest absolute Gasteiger partial charge is 0.357 e. The molecule has 0 amide bonds. The number of benzene rings is 21. The summed E-state index contributed by atoms with van der Waals surface area (Å²) in [6.45, 7) is 21.4. The van der Waals surface area contributed by atoms with Crippen molar-refractivity contribution in [1.29, 1.82) is 0 Å². The summed E-state index contributed by atoms with van der Waals surface area (Å²) >= 11 is 0. The minimum atomic E-state index is -0.585. The predicted molar refractivity (Wildman–Crippen MR) is 479 cm³/mol. The molecular formula is C107H45CuN9. The molecule has 3 aromatic heterocycles. The summed E-state index contributed by atoms with van der Waals surface area (Å²) in [5, 5.41) is 91.0. The van der Waals surface area contributed by atoms with Crippen LogP contribution in [0.25, 0.3) is 381 Å². The molecule has 0 N–H and O–H groups in total. The zero-order valence-corrected chi connectivity index (χ0v) is 65.0. The Morgan fingerprint density at radius 2 is 0.598 bits per heavy atom. The van der Waals surface area contributed by atoms with Gasteiger partial charge in [0.05, 0.1) is 34.1 Å². The second kappa shape index (κ2) is 13.9. The van der Waals surface area contributed by atoms with Gasteiger partial charge in [0.2, 0.25) is 0 Å². The zero-order chi connectivity index (χ0) is 73.5. The first kappa shape index (κ1) is 54.1. The number of fused-ring (bicyclic) bond motifs is 20. The molecule has 1 radical (unpaired) electrons. The summed E-state index contributed by atoms with van der Waals surface area (Å²) in [5.41, 5.74) is 16.0. The van der Waals surface area contributed by atoms with Gasteiger partial charge < -0.3 is 29.9 Å². The summed E-state index contributed by atoms with van der Waals surface area (Å²) in [4.78, 5) is 48.4. The second-order valence-electron chi connectivity index (χ2n) is 42.1. The molecule has 7 aliphatic rings. The first-order valence-electron chi connectivity index (χ1n) is 42.2. The summed E-state index contributed by atoms with van der Waals surface area (Å²) < 4.78 is 0. The Morgan fingerprint density at radius 3 is 1.04 bits per heavy atom. The van der Waals surface area contributed by atoms with E-state index in [0.717, 1.165) is 55.9 Å². The van der Waals surface area contributed by atoms with Crippen molar-refractivity contribution >= 4 is 335 Å². The molecule has 3 unspecified atom stereocenters. The molecular weight excluding hydrogens is 1470 g/mol. The van der Waals surface area contributed by atoms with Crippen LogP contribution < -0.4 is 9.97 Å². The maximum absolute atomic E-state index is 5.91. The van der Waals surface area contributed by atoms with Gasteiger partial charge in [-0.2, -0.15) is 0 Å². The van der Waals surface area contributed by atoms with Crippen LogP contribution in [-0.2, 0) is 44.1 Å². The van der Waals surface area contributed by atoms with Gasteiger partial charge in [-0.1, -0.05) is 117 Å². The number of likely N-dealkylation sites (N-methyl/N-ethyl adjacent to an activating group) is 1. The van der Waals surface area contributed by atoms with E-state index in [4.69, 9.17) is 39.9 Å². The number of nitrogens with zero attached hydrogens (tertiary/aromatic N) is 9. The Balaban J connectivity index is 0.00000594. The third-order valence-corrected chi connectivity index (χ3v) is 35.5. The van der Waals surface area contributed by atoms with Crippen molar-refractivity contribution in [1.82, 2.24) is 44.8 Å². The molecule has 3 atom stereocenters. The molecule has 1 saturated heterocycles. The van der Waals surface area contributed by atoms with Crippen molar-refractivity contribution in [2.75, 3.05) is 13.6 Å². The van der Waals surface area contributed by atoms with E-state index in [0.29, 0.717) is 45.9 Å². The fraction of sp³-hybridized carbons (Fsp3) is 0.159. The Hall–Kier alpha value is -12.8. The van der Waals surface area contributed by atoms with E-state index >= 15 is 0 Å². The van der Waals surface area contributed by atoms with Gasteiger partial charge in [0.25, 0.3) is 0 Å². The van der Waals surface area contributed by atoms with Crippen LogP contribution in [0.1, 0.15) is 113 Å². The van der Waals surface area contributed by atoms with E-state index in [-0.39, 0.29) is 39.4 Å². The first-order chi connectivity index (χ1) is 56.5. The van der Waals surface area contributed by atoms with Crippen molar-refractivity contribution in [3.8, 4) is 45.6 Å². The van der Waals surface area contributed by atoms with Gasteiger partial charge in [-0.3, -0.25) is 4.90 Å². The molecule has 9 nitrogen and oxygen atoms in total. The minimum absolute atomic E-state index is 0. The molecule has 10 heteroatoms.